The standard InChI is InChI=1S/C18H26O6/c1-5-6-7-8-12-15(4)21-18(20)23-24-22-17(19)16-13(2)10-9-11-14(16)3/h9-11,15H,5-8,12H2,1-4H3. The normalized spacial score (nSPS) is 11.7. The Morgan fingerprint density at radius 3 is 2.33 bits per heavy atom. The number of hydrogen-bond donors (Lipinski definition) is 0. The second kappa shape index (κ2) is 10.6. The molecule has 6 nitrogen and oxygen atoms in total. The van der Waals surface area contributed by atoms with Crippen LogP contribution < -0.4 is 0 Å². The van der Waals surface area contributed by atoms with Crippen LogP contribution in [0.15, 0.2) is 18.2 Å². The van der Waals surface area contributed by atoms with Gasteiger partial charge in [-0.3, -0.25) is 4.89 Å². The number of aryl methyl sites for hydroxylation is 2. The predicted octanol–water partition coefficient (Wildman–Crippen LogP) is 4.82. The van der Waals surface area contributed by atoms with E-state index in [1.807, 2.05) is 6.07 Å². The summed E-state index contributed by atoms with van der Waals surface area (Å²) in [4.78, 5) is 32.1. The zero-order valence-electron chi connectivity index (χ0n) is 14.8. The van der Waals surface area contributed by atoms with E-state index in [2.05, 4.69) is 21.7 Å². The van der Waals surface area contributed by atoms with Crippen LogP contribution in [0.3, 0.4) is 0 Å². The van der Waals surface area contributed by atoms with Gasteiger partial charge in [-0.25, -0.2) is 14.5 Å². The first-order chi connectivity index (χ1) is 11.5. The largest absolute Gasteiger partial charge is 0.543 e. The van der Waals surface area contributed by atoms with E-state index in [9.17, 15) is 9.59 Å². The average molecular weight is 338 g/mol. The molecule has 0 N–H and O–H groups in total. The van der Waals surface area contributed by atoms with Crippen LogP contribution in [-0.2, 0) is 19.6 Å². The van der Waals surface area contributed by atoms with E-state index in [4.69, 9.17) is 4.74 Å². The van der Waals surface area contributed by atoms with Crippen molar-refractivity contribution in [2.45, 2.75) is 65.9 Å². The molecule has 0 aliphatic carbocycles. The Bertz CT molecular complexity index is 520. The van der Waals surface area contributed by atoms with Gasteiger partial charge in [-0.15, -0.1) is 0 Å². The summed E-state index contributed by atoms with van der Waals surface area (Å²) in [5.74, 6) is -0.731. The molecule has 1 aromatic rings. The molecule has 24 heavy (non-hydrogen) atoms. The lowest BCUT2D eigenvalue weighted by Crippen LogP contribution is -2.18. The van der Waals surface area contributed by atoms with Gasteiger partial charge in [0, 0.05) is 0 Å². The minimum absolute atomic E-state index is 0.285. The van der Waals surface area contributed by atoms with Crippen molar-refractivity contribution in [1.82, 2.24) is 0 Å². The maximum atomic E-state index is 11.9. The van der Waals surface area contributed by atoms with Crippen LogP contribution in [0.25, 0.3) is 0 Å². The monoisotopic (exact) mass is 338 g/mol. The van der Waals surface area contributed by atoms with Gasteiger partial charge in [0.25, 0.3) is 0 Å². The van der Waals surface area contributed by atoms with Crippen LogP contribution in [-0.4, -0.2) is 18.2 Å². The molecule has 134 valence electrons. The molecule has 0 aliphatic rings. The van der Waals surface area contributed by atoms with Crippen molar-refractivity contribution in [3.05, 3.63) is 34.9 Å². The first-order valence-electron chi connectivity index (χ1n) is 8.28. The summed E-state index contributed by atoms with van der Waals surface area (Å²) in [5.41, 5.74) is 1.86. The third-order valence-corrected chi connectivity index (χ3v) is 3.66. The van der Waals surface area contributed by atoms with E-state index >= 15 is 0 Å². The highest BCUT2D eigenvalue weighted by Crippen LogP contribution is 2.15. The Labute approximate surface area is 142 Å². The Kier molecular flexibility index (Phi) is 8.86. The minimum Gasteiger partial charge on any atom is -0.429 e. The Hall–Kier alpha value is -2.08. The number of rotatable bonds is 9. The van der Waals surface area contributed by atoms with Crippen molar-refractivity contribution in [3.63, 3.8) is 0 Å². The molecule has 0 bridgehead atoms. The number of ether oxygens (including phenoxy) is 1. The highest BCUT2D eigenvalue weighted by molar-refractivity contribution is 5.92. The van der Waals surface area contributed by atoms with Crippen LogP contribution in [0.4, 0.5) is 4.79 Å². The molecule has 0 amide bonds. The fraction of sp³-hybridized carbons (Fsp3) is 0.556. The van der Waals surface area contributed by atoms with Crippen molar-refractivity contribution >= 4 is 12.1 Å². The van der Waals surface area contributed by atoms with Gasteiger partial charge < -0.3 is 4.74 Å². The summed E-state index contributed by atoms with van der Waals surface area (Å²) in [5, 5.41) is 4.24. The van der Waals surface area contributed by atoms with Gasteiger partial charge in [0.2, 0.25) is 0 Å². The van der Waals surface area contributed by atoms with E-state index < -0.39 is 12.1 Å². The molecule has 0 saturated carbocycles. The number of carbonyl (C=O) groups excluding carboxylic acids is 2. The average Bonchev–Trinajstić information content (AvgIpc) is 2.51. The van der Waals surface area contributed by atoms with Gasteiger partial charge in [0.15, 0.2) is 0 Å². The van der Waals surface area contributed by atoms with E-state index in [1.54, 1.807) is 32.9 Å². The van der Waals surface area contributed by atoms with Crippen LogP contribution in [0.2, 0.25) is 0 Å². The van der Waals surface area contributed by atoms with Crippen LogP contribution in [0.1, 0.15) is 67.4 Å². The summed E-state index contributed by atoms with van der Waals surface area (Å²) in [6.07, 6.45) is 3.82. The Balaban J connectivity index is 2.29. The molecule has 0 radical (unpaired) electrons. The molecule has 1 atom stereocenters. The molecule has 1 aromatic carbocycles. The van der Waals surface area contributed by atoms with Crippen molar-refractivity contribution < 1.29 is 29.1 Å². The van der Waals surface area contributed by atoms with E-state index in [-0.39, 0.29) is 6.10 Å². The molecule has 1 unspecified atom stereocenters. The number of unbranched alkanes of at least 4 members (excludes halogenated alkanes) is 3. The quantitative estimate of drug-likeness (QED) is 0.278. The molecule has 1 rings (SSSR count). The zero-order chi connectivity index (χ0) is 17.9. The highest BCUT2D eigenvalue weighted by Gasteiger charge is 2.17. The molecule has 0 aromatic heterocycles. The smallest absolute Gasteiger partial charge is 0.429 e. The van der Waals surface area contributed by atoms with Gasteiger partial charge in [0.1, 0.15) is 6.10 Å². The molecule has 0 heterocycles. The van der Waals surface area contributed by atoms with Crippen molar-refractivity contribution in [2.24, 2.45) is 0 Å². The van der Waals surface area contributed by atoms with Gasteiger partial charge in [-0.05, 0) is 44.7 Å². The molecule has 0 spiro atoms. The molecule has 0 fully saturated rings. The molecular formula is C18H26O6. The Morgan fingerprint density at radius 2 is 1.71 bits per heavy atom. The number of carbonyl (C=O) groups is 2. The van der Waals surface area contributed by atoms with Gasteiger partial charge in [-0.2, -0.15) is 0 Å². The summed E-state index contributed by atoms with van der Waals surface area (Å²) in [7, 11) is 0. The first-order valence-corrected chi connectivity index (χ1v) is 8.28. The van der Waals surface area contributed by atoms with Crippen molar-refractivity contribution in [1.29, 1.82) is 0 Å². The fourth-order valence-electron chi connectivity index (χ4n) is 2.36. The van der Waals surface area contributed by atoms with Crippen molar-refractivity contribution in [2.75, 3.05) is 0 Å². The lowest BCUT2D eigenvalue weighted by Gasteiger charge is -2.11. The molecule has 0 saturated heterocycles. The predicted molar refractivity (Wildman–Crippen MR) is 88.2 cm³/mol. The van der Waals surface area contributed by atoms with Gasteiger partial charge >= 0.3 is 12.1 Å². The molecule has 0 aliphatic heterocycles. The molecular weight excluding hydrogens is 312 g/mol. The zero-order valence-corrected chi connectivity index (χ0v) is 14.8. The second-order valence-electron chi connectivity index (χ2n) is 5.82. The van der Waals surface area contributed by atoms with Crippen LogP contribution >= 0.6 is 0 Å². The summed E-state index contributed by atoms with van der Waals surface area (Å²) < 4.78 is 4.99. The lowest BCUT2D eigenvalue weighted by atomic mass is 10.0. The van der Waals surface area contributed by atoms with E-state index in [0.29, 0.717) is 5.56 Å². The first kappa shape index (κ1) is 20.0. The molecule has 6 heteroatoms. The lowest BCUT2D eigenvalue weighted by molar-refractivity contribution is -0.453. The van der Waals surface area contributed by atoms with E-state index in [0.717, 1.165) is 43.2 Å². The SMILES string of the molecule is CCCCCCC(C)OC(=O)OOOC(=O)c1c(C)cccc1C. The summed E-state index contributed by atoms with van der Waals surface area (Å²) in [6, 6.07) is 5.38. The minimum atomic E-state index is -1.03. The highest BCUT2D eigenvalue weighted by atomic mass is 17.5. The third-order valence-electron chi connectivity index (χ3n) is 3.66. The van der Waals surface area contributed by atoms with Crippen molar-refractivity contribution in [3.8, 4) is 0 Å². The third kappa shape index (κ3) is 7.00. The Morgan fingerprint density at radius 1 is 1.04 bits per heavy atom. The van der Waals surface area contributed by atoms with Crippen LogP contribution in [0.5, 0.6) is 0 Å². The fourth-order valence-corrected chi connectivity index (χ4v) is 2.36. The van der Waals surface area contributed by atoms with Gasteiger partial charge in [0.05, 0.1) is 10.6 Å². The number of benzene rings is 1. The second-order valence-corrected chi connectivity index (χ2v) is 5.82. The summed E-state index contributed by atoms with van der Waals surface area (Å²) in [6.45, 7) is 7.46. The maximum absolute atomic E-state index is 11.9. The maximum Gasteiger partial charge on any atom is 0.543 e. The number of hydrogen-bond acceptors (Lipinski definition) is 6. The van der Waals surface area contributed by atoms with Crippen LogP contribution in [0, 0.1) is 13.8 Å². The van der Waals surface area contributed by atoms with Gasteiger partial charge in [-0.1, -0.05) is 44.4 Å². The summed E-state index contributed by atoms with van der Waals surface area (Å²) >= 11 is 0. The topological polar surface area (TPSA) is 71.1 Å². The van der Waals surface area contributed by atoms with E-state index in [1.165, 1.54) is 0 Å².